The summed E-state index contributed by atoms with van der Waals surface area (Å²) in [4.78, 5) is 23.9. The number of hydrogen-bond acceptors (Lipinski definition) is 5. The molecule has 5 nitrogen and oxygen atoms in total. The number of carbonyl (C=O) groups is 1. The van der Waals surface area contributed by atoms with Crippen molar-refractivity contribution in [1.82, 2.24) is 15.0 Å². The average molecular weight is 261 g/mol. The van der Waals surface area contributed by atoms with Crippen LogP contribution in [0, 0.1) is 6.92 Å². The fourth-order valence-corrected chi connectivity index (χ4v) is 2.47. The zero-order chi connectivity index (χ0) is 13.1. The molecule has 0 aliphatic heterocycles. The fourth-order valence-electron chi connectivity index (χ4n) is 1.56. The highest BCUT2D eigenvalue weighted by Crippen LogP contribution is 2.32. The monoisotopic (exact) mass is 261 g/mol. The van der Waals surface area contributed by atoms with Crippen molar-refractivity contribution in [3.8, 4) is 11.3 Å². The van der Waals surface area contributed by atoms with Crippen molar-refractivity contribution < 1.29 is 9.90 Å². The molecule has 0 unspecified atom stereocenters. The van der Waals surface area contributed by atoms with Gasteiger partial charge in [0.1, 0.15) is 6.33 Å². The van der Waals surface area contributed by atoms with Crippen LogP contribution in [0.4, 0.5) is 0 Å². The Balaban J connectivity index is 2.53. The van der Waals surface area contributed by atoms with Gasteiger partial charge in [-0.3, -0.25) is 0 Å². The first-order chi connectivity index (χ1) is 8.58. The Hall–Kier alpha value is -2.08. The maximum Gasteiger partial charge on any atom is 0.328 e. The molecular weight excluding hydrogens is 250 g/mol. The van der Waals surface area contributed by atoms with Gasteiger partial charge in [-0.2, -0.15) is 0 Å². The van der Waals surface area contributed by atoms with E-state index in [1.165, 1.54) is 23.7 Å². The Morgan fingerprint density at radius 2 is 2.06 bits per heavy atom. The number of allylic oxidation sites excluding steroid dienone is 1. The van der Waals surface area contributed by atoms with E-state index in [1.807, 2.05) is 6.92 Å². The van der Waals surface area contributed by atoms with Gasteiger partial charge < -0.3 is 5.11 Å². The number of rotatable bonds is 3. The minimum atomic E-state index is -0.964. The lowest BCUT2D eigenvalue weighted by atomic mass is 10.1. The summed E-state index contributed by atoms with van der Waals surface area (Å²) >= 11 is 1.46. The molecule has 0 atom stereocenters. The van der Waals surface area contributed by atoms with Crippen LogP contribution in [-0.4, -0.2) is 26.0 Å². The minimum Gasteiger partial charge on any atom is -0.478 e. The summed E-state index contributed by atoms with van der Waals surface area (Å²) in [5.41, 5.74) is 2.19. The lowest BCUT2D eigenvalue weighted by Crippen LogP contribution is -1.91. The van der Waals surface area contributed by atoms with Gasteiger partial charge in [-0.15, -0.1) is 11.3 Å². The fraction of sp³-hybridized carbons (Fsp3) is 0.167. The van der Waals surface area contributed by atoms with Gasteiger partial charge >= 0.3 is 5.97 Å². The molecule has 0 aliphatic carbocycles. The molecule has 0 saturated heterocycles. The van der Waals surface area contributed by atoms with E-state index in [1.54, 1.807) is 19.3 Å². The van der Waals surface area contributed by atoms with Gasteiger partial charge in [0, 0.05) is 24.0 Å². The van der Waals surface area contributed by atoms with E-state index < -0.39 is 5.97 Å². The van der Waals surface area contributed by atoms with Crippen molar-refractivity contribution in [3.63, 3.8) is 0 Å². The molecule has 0 spiro atoms. The van der Waals surface area contributed by atoms with Crippen molar-refractivity contribution in [1.29, 1.82) is 0 Å². The Labute approximate surface area is 108 Å². The van der Waals surface area contributed by atoms with Gasteiger partial charge in [0.2, 0.25) is 0 Å². The van der Waals surface area contributed by atoms with Gasteiger partial charge in [-0.05, 0) is 19.4 Å². The van der Waals surface area contributed by atoms with Gasteiger partial charge in [0.05, 0.1) is 15.6 Å². The summed E-state index contributed by atoms with van der Waals surface area (Å²) in [5, 5.41) is 9.67. The molecule has 92 valence electrons. The molecule has 2 aromatic rings. The number of carboxylic acids is 1. The molecule has 0 fully saturated rings. The maximum atomic E-state index is 10.7. The van der Waals surface area contributed by atoms with Crippen molar-refractivity contribution in [3.05, 3.63) is 34.7 Å². The average Bonchev–Trinajstić information content (AvgIpc) is 2.72. The van der Waals surface area contributed by atoms with E-state index in [0.29, 0.717) is 5.57 Å². The summed E-state index contributed by atoms with van der Waals surface area (Å²) in [6.45, 7) is 3.64. The molecule has 2 rings (SSSR count). The second-order valence-electron chi connectivity index (χ2n) is 3.70. The number of aliphatic carboxylic acids is 1. The predicted octanol–water partition coefficient (Wildman–Crippen LogP) is 2.40. The number of hydrogen-bond donors (Lipinski definition) is 1. The van der Waals surface area contributed by atoms with E-state index in [9.17, 15) is 4.79 Å². The van der Waals surface area contributed by atoms with Crippen LogP contribution in [0.1, 0.15) is 16.8 Å². The summed E-state index contributed by atoms with van der Waals surface area (Å²) in [5.74, 6) is -0.964. The highest BCUT2D eigenvalue weighted by molar-refractivity contribution is 7.13. The third-order valence-electron chi connectivity index (χ3n) is 2.27. The molecule has 1 N–H and O–H groups in total. The lowest BCUT2D eigenvalue weighted by Gasteiger charge is -2.00. The predicted molar refractivity (Wildman–Crippen MR) is 69.2 cm³/mol. The molecule has 0 aliphatic rings. The number of nitrogens with zero attached hydrogens (tertiary/aromatic N) is 3. The SMILES string of the molecule is C/C(=C\C(=O)O)c1sc(C)nc1-c1cncnc1. The van der Waals surface area contributed by atoms with Gasteiger partial charge in [-0.25, -0.2) is 19.7 Å². The number of aryl methyl sites for hydroxylation is 1. The zero-order valence-corrected chi connectivity index (χ0v) is 10.7. The smallest absolute Gasteiger partial charge is 0.328 e. The first-order valence-electron chi connectivity index (χ1n) is 5.22. The molecule has 18 heavy (non-hydrogen) atoms. The molecule has 2 heterocycles. The topological polar surface area (TPSA) is 76.0 Å². The van der Waals surface area contributed by atoms with Crippen molar-refractivity contribution >= 4 is 22.9 Å². The Morgan fingerprint density at radius 1 is 1.39 bits per heavy atom. The van der Waals surface area contributed by atoms with Crippen LogP contribution in [0.3, 0.4) is 0 Å². The molecule has 0 radical (unpaired) electrons. The second kappa shape index (κ2) is 5.05. The highest BCUT2D eigenvalue weighted by Gasteiger charge is 2.13. The number of thiazole rings is 1. The number of carboxylic acid groups (broad SMARTS) is 1. The van der Waals surface area contributed by atoms with Gasteiger partial charge in [-0.1, -0.05) is 0 Å². The van der Waals surface area contributed by atoms with Crippen LogP contribution < -0.4 is 0 Å². The first-order valence-corrected chi connectivity index (χ1v) is 6.04. The van der Waals surface area contributed by atoms with Crippen LogP contribution >= 0.6 is 11.3 Å². The Kier molecular flexibility index (Phi) is 3.47. The maximum absolute atomic E-state index is 10.7. The van der Waals surface area contributed by atoms with Crippen LogP contribution in [0.2, 0.25) is 0 Å². The third kappa shape index (κ3) is 2.60. The zero-order valence-electron chi connectivity index (χ0n) is 9.91. The van der Waals surface area contributed by atoms with Gasteiger partial charge in [0.15, 0.2) is 0 Å². The Bertz CT molecular complexity index is 605. The van der Waals surface area contributed by atoms with E-state index in [-0.39, 0.29) is 0 Å². The Morgan fingerprint density at radius 3 is 2.67 bits per heavy atom. The molecule has 0 bridgehead atoms. The van der Waals surface area contributed by atoms with Gasteiger partial charge in [0.25, 0.3) is 0 Å². The normalized spacial score (nSPS) is 11.6. The van der Waals surface area contributed by atoms with Crippen molar-refractivity contribution in [2.24, 2.45) is 0 Å². The van der Waals surface area contributed by atoms with E-state index in [0.717, 1.165) is 21.1 Å². The molecule has 6 heteroatoms. The first kappa shape index (κ1) is 12.4. The molecular formula is C12H11N3O2S. The third-order valence-corrected chi connectivity index (χ3v) is 3.37. The van der Waals surface area contributed by atoms with Crippen LogP contribution in [0.25, 0.3) is 16.8 Å². The standard InChI is InChI=1S/C12H11N3O2S/c1-7(3-10(16)17)12-11(15-8(2)18-12)9-4-13-6-14-5-9/h3-6H,1-2H3,(H,16,17)/b7-3+. The van der Waals surface area contributed by atoms with Crippen molar-refractivity contribution in [2.75, 3.05) is 0 Å². The molecule has 0 aromatic carbocycles. The lowest BCUT2D eigenvalue weighted by molar-refractivity contribution is -0.131. The summed E-state index contributed by atoms with van der Waals surface area (Å²) in [6, 6.07) is 0. The quantitative estimate of drug-likeness (QED) is 0.858. The summed E-state index contributed by atoms with van der Waals surface area (Å²) in [6.07, 6.45) is 5.96. The van der Waals surface area contributed by atoms with Crippen LogP contribution in [-0.2, 0) is 4.79 Å². The van der Waals surface area contributed by atoms with Crippen molar-refractivity contribution in [2.45, 2.75) is 13.8 Å². The molecule has 0 amide bonds. The largest absolute Gasteiger partial charge is 0.478 e. The van der Waals surface area contributed by atoms with E-state index in [2.05, 4.69) is 15.0 Å². The van der Waals surface area contributed by atoms with Crippen LogP contribution in [0.5, 0.6) is 0 Å². The highest BCUT2D eigenvalue weighted by atomic mass is 32.1. The second-order valence-corrected chi connectivity index (χ2v) is 4.91. The molecule has 0 saturated carbocycles. The van der Waals surface area contributed by atoms with E-state index >= 15 is 0 Å². The summed E-state index contributed by atoms with van der Waals surface area (Å²) < 4.78 is 0. The minimum absolute atomic E-state index is 0.673. The molecule has 2 aromatic heterocycles. The van der Waals surface area contributed by atoms with E-state index in [4.69, 9.17) is 5.11 Å². The summed E-state index contributed by atoms with van der Waals surface area (Å²) in [7, 11) is 0. The number of aromatic nitrogens is 3. The van der Waals surface area contributed by atoms with Crippen LogP contribution in [0.15, 0.2) is 24.8 Å².